The van der Waals surface area contributed by atoms with Gasteiger partial charge in [-0.15, -0.1) is 0 Å². The summed E-state index contributed by atoms with van der Waals surface area (Å²) in [7, 11) is 1.35. The van der Waals surface area contributed by atoms with Crippen molar-refractivity contribution < 1.29 is 19.6 Å². The Bertz CT molecular complexity index is 1130. The van der Waals surface area contributed by atoms with E-state index in [2.05, 4.69) is 15.8 Å². The fourth-order valence-corrected chi connectivity index (χ4v) is 2.83. The quantitative estimate of drug-likeness (QED) is 0.312. The van der Waals surface area contributed by atoms with Crippen LogP contribution in [-0.2, 0) is 4.79 Å². The summed E-state index contributed by atoms with van der Waals surface area (Å²) in [4.78, 5) is 22.6. The number of ether oxygens (including phenoxy) is 1. The lowest BCUT2D eigenvalue weighted by Gasteiger charge is -2.14. The number of amides is 1. The van der Waals surface area contributed by atoms with E-state index in [0.717, 1.165) is 28.7 Å². The first kappa shape index (κ1) is 20.6. The van der Waals surface area contributed by atoms with Crippen molar-refractivity contribution in [3.05, 3.63) is 70.3 Å². The van der Waals surface area contributed by atoms with Gasteiger partial charge < -0.3 is 15.2 Å². The fourth-order valence-electron chi connectivity index (χ4n) is 2.83. The normalized spacial score (nSPS) is 11.9. The number of nitrogens with zero attached hydrogens (tertiary/aromatic N) is 2. The zero-order chi connectivity index (χ0) is 21.7. The number of carbonyl (C=O) groups excluding carboxylic acids is 1. The number of carbonyl (C=O) groups is 1. The largest absolute Gasteiger partial charge is 0.502 e. The van der Waals surface area contributed by atoms with Crippen molar-refractivity contribution in [2.24, 2.45) is 5.10 Å². The molecule has 0 radical (unpaired) electrons. The lowest BCUT2D eigenvalue weighted by Crippen LogP contribution is -2.34. The monoisotopic (exact) mass is 408 g/mol. The van der Waals surface area contributed by atoms with E-state index >= 15 is 0 Å². The summed E-state index contributed by atoms with van der Waals surface area (Å²) in [6.07, 6.45) is 1.12. The Kier molecular flexibility index (Phi) is 6.11. The third kappa shape index (κ3) is 4.64. The third-order valence-electron chi connectivity index (χ3n) is 4.43. The van der Waals surface area contributed by atoms with Crippen LogP contribution in [0.15, 0.2) is 59.7 Å². The molecule has 0 unspecified atom stereocenters. The van der Waals surface area contributed by atoms with Gasteiger partial charge in [0.1, 0.15) is 11.8 Å². The van der Waals surface area contributed by atoms with Crippen LogP contribution in [0.5, 0.6) is 11.5 Å². The predicted octanol–water partition coefficient (Wildman–Crippen LogP) is 3.41. The minimum atomic E-state index is -0.733. The molecule has 0 aliphatic rings. The highest BCUT2D eigenvalue weighted by Gasteiger charge is 2.19. The molecule has 30 heavy (non-hydrogen) atoms. The summed E-state index contributed by atoms with van der Waals surface area (Å²) < 4.78 is 4.99. The Balaban J connectivity index is 1.67. The van der Waals surface area contributed by atoms with Crippen molar-refractivity contribution in [3.63, 3.8) is 0 Å². The number of hydrogen-bond donors (Lipinski definition) is 3. The van der Waals surface area contributed by atoms with Gasteiger partial charge in [0.05, 0.1) is 24.3 Å². The second-order valence-electron chi connectivity index (χ2n) is 6.50. The Labute approximate surface area is 172 Å². The van der Waals surface area contributed by atoms with E-state index in [9.17, 15) is 20.0 Å². The molecule has 0 spiro atoms. The second-order valence-corrected chi connectivity index (χ2v) is 6.50. The summed E-state index contributed by atoms with van der Waals surface area (Å²) in [5, 5.41) is 30.1. The van der Waals surface area contributed by atoms with Crippen molar-refractivity contribution in [2.45, 2.75) is 13.0 Å². The molecule has 0 aromatic heterocycles. The van der Waals surface area contributed by atoms with E-state index in [1.165, 1.54) is 13.2 Å². The van der Waals surface area contributed by atoms with E-state index in [0.29, 0.717) is 0 Å². The van der Waals surface area contributed by atoms with Gasteiger partial charge in [-0.05, 0) is 35.9 Å². The number of phenols is 1. The summed E-state index contributed by atoms with van der Waals surface area (Å²) in [6, 6.07) is 15.5. The lowest BCUT2D eigenvalue weighted by molar-refractivity contribution is -0.385. The average Bonchev–Trinajstić information content (AvgIpc) is 2.74. The highest BCUT2D eigenvalue weighted by Crippen LogP contribution is 2.33. The molecular formula is C21H20N4O5. The first-order valence-corrected chi connectivity index (χ1v) is 9.02. The molecule has 0 saturated heterocycles. The number of hydrogen-bond acceptors (Lipinski definition) is 7. The van der Waals surface area contributed by atoms with Crippen LogP contribution in [0.3, 0.4) is 0 Å². The number of anilines is 1. The number of hydrazone groups is 1. The van der Waals surface area contributed by atoms with Crippen LogP contribution in [0.1, 0.15) is 12.5 Å². The Morgan fingerprint density at radius 1 is 1.20 bits per heavy atom. The van der Waals surface area contributed by atoms with Gasteiger partial charge in [0, 0.05) is 11.3 Å². The maximum Gasteiger partial charge on any atom is 0.315 e. The molecule has 1 amide bonds. The van der Waals surface area contributed by atoms with Crippen LogP contribution in [0.4, 0.5) is 11.4 Å². The molecule has 0 heterocycles. The van der Waals surface area contributed by atoms with E-state index in [-0.39, 0.29) is 11.3 Å². The number of rotatable bonds is 7. The highest BCUT2D eigenvalue weighted by molar-refractivity contribution is 5.90. The minimum absolute atomic E-state index is 0.0384. The van der Waals surface area contributed by atoms with Crippen molar-refractivity contribution in [1.29, 1.82) is 0 Å². The average molecular weight is 408 g/mol. The van der Waals surface area contributed by atoms with Gasteiger partial charge in [-0.2, -0.15) is 5.10 Å². The van der Waals surface area contributed by atoms with E-state index in [1.54, 1.807) is 6.92 Å². The zero-order valence-electron chi connectivity index (χ0n) is 16.3. The Hall–Kier alpha value is -4.14. The molecule has 0 aliphatic carbocycles. The molecule has 3 aromatic rings. The molecule has 0 aliphatic heterocycles. The van der Waals surface area contributed by atoms with Gasteiger partial charge in [-0.3, -0.25) is 14.9 Å². The van der Waals surface area contributed by atoms with Crippen LogP contribution >= 0.6 is 0 Å². The Morgan fingerprint density at radius 3 is 2.63 bits per heavy atom. The molecule has 3 aromatic carbocycles. The van der Waals surface area contributed by atoms with Gasteiger partial charge in [0.15, 0.2) is 0 Å². The van der Waals surface area contributed by atoms with Crippen LogP contribution in [0, 0.1) is 10.1 Å². The Morgan fingerprint density at radius 2 is 1.93 bits per heavy atom. The maximum absolute atomic E-state index is 12.3. The smallest absolute Gasteiger partial charge is 0.315 e. The highest BCUT2D eigenvalue weighted by atomic mass is 16.6. The number of nitrogens with one attached hydrogen (secondary N) is 2. The number of fused-ring (bicyclic) bond motifs is 1. The van der Waals surface area contributed by atoms with Gasteiger partial charge >= 0.3 is 5.69 Å². The van der Waals surface area contributed by atoms with Gasteiger partial charge in [-0.25, -0.2) is 5.43 Å². The molecule has 9 heteroatoms. The van der Waals surface area contributed by atoms with Gasteiger partial charge in [0.2, 0.25) is 5.75 Å². The third-order valence-corrected chi connectivity index (χ3v) is 4.43. The predicted molar refractivity (Wildman–Crippen MR) is 114 cm³/mol. The molecule has 0 fully saturated rings. The second kappa shape index (κ2) is 8.91. The van der Waals surface area contributed by atoms with Crippen LogP contribution in [0.25, 0.3) is 10.8 Å². The van der Waals surface area contributed by atoms with Crippen molar-refractivity contribution in [3.8, 4) is 11.5 Å². The minimum Gasteiger partial charge on any atom is -0.502 e. The number of nitro groups is 1. The first-order chi connectivity index (χ1) is 14.4. The summed E-state index contributed by atoms with van der Waals surface area (Å²) in [5.74, 6) is -0.809. The summed E-state index contributed by atoms with van der Waals surface area (Å²) in [5.41, 5.74) is 2.65. The van der Waals surface area contributed by atoms with E-state index < -0.39 is 28.3 Å². The number of methoxy groups -OCH3 is 1. The number of phenolic OH excluding ortho intramolecular Hbond substituents is 1. The fraction of sp³-hybridized carbons (Fsp3) is 0.143. The van der Waals surface area contributed by atoms with Crippen molar-refractivity contribution in [1.82, 2.24) is 5.43 Å². The molecule has 3 rings (SSSR count). The van der Waals surface area contributed by atoms with Crippen LogP contribution in [-0.4, -0.2) is 35.3 Å². The van der Waals surface area contributed by atoms with Crippen molar-refractivity contribution >= 4 is 34.3 Å². The number of benzene rings is 3. The molecule has 0 bridgehead atoms. The standard InChI is InChI=1S/C21H20N4O5/c1-13(23-17-8-7-14-5-3-4-6-15(14)9-17)21(27)24-22-12-16-10-18(30-2)11-19(20(16)26)25(28)29/h3-13,23,26H,1-2H3,(H,24,27)/b22-12-/t13-/m0/s1. The zero-order valence-corrected chi connectivity index (χ0v) is 16.3. The molecule has 9 nitrogen and oxygen atoms in total. The van der Waals surface area contributed by atoms with Gasteiger partial charge in [0.25, 0.3) is 5.91 Å². The molecule has 0 saturated carbocycles. The molecular weight excluding hydrogens is 388 g/mol. The SMILES string of the molecule is COc1cc(/C=N\NC(=O)[C@H](C)Nc2ccc3ccccc3c2)c(O)c([N+](=O)[O-])c1. The lowest BCUT2D eigenvalue weighted by atomic mass is 10.1. The number of aromatic hydroxyl groups is 1. The topological polar surface area (TPSA) is 126 Å². The molecule has 3 N–H and O–H groups in total. The molecule has 1 atom stereocenters. The number of nitro benzene ring substituents is 1. The van der Waals surface area contributed by atoms with Crippen LogP contribution in [0.2, 0.25) is 0 Å². The van der Waals surface area contributed by atoms with E-state index in [1.807, 2.05) is 42.5 Å². The summed E-state index contributed by atoms with van der Waals surface area (Å²) in [6.45, 7) is 1.67. The molecule has 154 valence electrons. The van der Waals surface area contributed by atoms with Gasteiger partial charge in [-0.1, -0.05) is 30.3 Å². The maximum atomic E-state index is 12.3. The van der Waals surface area contributed by atoms with E-state index in [4.69, 9.17) is 4.74 Å². The van der Waals surface area contributed by atoms with Crippen LogP contribution < -0.4 is 15.5 Å². The summed E-state index contributed by atoms with van der Waals surface area (Å²) >= 11 is 0. The first-order valence-electron chi connectivity index (χ1n) is 9.02. The van der Waals surface area contributed by atoms with Crippen molar-refractivity contribution in [2.75, 3.05) is 12.4 Å².